The zero-order valence-electron chi connectivity index (χ0n) is 11.0. The standard InChI is InChI=1S/C12H25NO3/c1-9(2)12(8-13,10(14)15)7-6-11(3,4)16-5/h9H,6-8,13H2,1-5H3,(H,14,15). The first-order chi connectivity index (χ1) is 7.22. The Morgan fingerprint density at radius 3 is 2.12 bits per heavy atom. The number of nitrogens with two attached hydrogens (primary N) is 1. The van der Waals surface area contributed by atoms with Crippen LogP contribution in [0.1, 0.15) is 40.5 Å². The van der Waals surface area contributed by atoms with Crippen LogP contribution in [0.5, 0.6) is 0 Å². The van der Waals surface area contributed by atoms with E-state index in [1.165, 1.54) is 0 Å². The van der Waals surface area contributed by atoms with E-state index in [1.807, 2.05) is 27.7 Å². The molecule has 0 fully saturated rings. The highest BCUT2D eigenvalue weighted by molar-refractivity contribution is 5.75. The molecule has 1 unspecified atom stereocenters. The highest BCUT2D eigenvalue weighted by Crippen LogP contribution is 2.35. The highest BCUT2D eigenvalue weighted by Gasteiger charge is 2.41. The lowest BCUT2D eigenvalue weighted by molar-refractivity contribution is -0.152. The molecule has 0 aliphatic carbocycles. The van der Waals surface area contributed by atoms with Gasteiger partial charge in [-0.15, -0.1) is 0 Å². The molecule has 16 heavy (non-hydrogen) atoms. The smallest absolute Gasteiger partial charge is 0.311 e. The van der Waals surface area contributed by atoms with Crippen molar-refractivity contribution < 1.29 is 14.6 Å². The first-order valence-corrected chi connectivity index (χ1v) is 5.70. The Balaban J connectivity index is 4.75. The molecule has 0 heterocycles. The maximum atomic E-state index is 11.4. The van der Waals surface area contributed by atoms with Gasteiger partial charge in [-0.2, -0.15) is 0 Å². The van der Waals surface area contributed by atoms with E-state index in [-0.39, 0.29) is 18.1 Å². The third-order valence-electron chi connectivity index (χ3n) is 3.62. The Kier molecular flexibility index (Phi) is 5.42. The van der Waals surface area contributed by atoms with Gasteiger partial charge in [0, 0.05) is 13.7 Å². The van der Waals surface area contributed by atoms with Gasteiger partial charge in [0.05, 0.1) is 11.0 Å². The minimum atomic E-state index is -0.837. The summed E-state index contributed by atoms with van der Waals surface area (Å²) in [6.07, 6.45) is 1.22. The fourth-order valence-electron chi connectivity index (χ4n) is 1.69. The quantitative estimate of drug-likeness (QED) is 0.701. The summed E-state index contributed by atoms with van der Waals surface area (Å²) < 4.78 is 5.30. The third kappa shape index (κ3) is 3.46. The van der Waals surface area contributed by atoms with E-state index in [2.05, 4.69) is 0 Å². The van der Waals surface area contributed by atoms with Crippen molar-refractivity contribution in [1.29, 1.82) is 0 Å². The Labute approximate surface area is 98.2 Å². The van der Waals surface area contributed by atoms with Gasteiger partial charge in [0.25, 0.3) is 0 Å². The Bertz CT molecular complexity index is 238. The average molecular weight is 231 g/mol. The van der Waals surface area contributed by atoms with E-state index in [4.69, 9.17) is 10.5 Å². The summed E-state index contributed by atoms with van der Waals surface area (Å²) in [5.41, 5.74) is 4.52. The molecule has 0 saturated heterocycles. The predicted octanol–water partition coefficient (Wildman–Crippen LogP) is 1.88. The number of methoxy groups -OCH3 is 1. The summed E-state index contributed by atoms with van der Waals surface area (Å²) >= 11 is 0. The van der Waals surface area contributed by atoms with Crippen molar-refractivity contribution in [2.24, 2.45) is 17.1 Å². The van der Waals surface area contributed by atoms with E-state index in [9.17, 15) is 9.90 Å². The van der Waals surface area contributed by atoms with Crippen LogP contribution in [0.4, 0.5) is 0 Å². The molecule has 4 heteroatoms. The summed E-state index contributed by atoms with van der Waals surface area (Å²) in [6.45, 7) is 7.88. The van der Waals surface area contributed by atoms with Gasteiger partial charge in [-0.05, 0) is 32.6 Å². The minimum absolute atomic E-state index is 0.0163. The molecule has 4 nitrogen and oxygen atoms in total. The minimum Gasteiger partial charge on any atom is -0.481 e. The molecule has 0 rings (SSSR count). The number of carboxylic acids is 1. The van der Waals surface area contributed by atoms with Gasteiger partial charge >= 0.3 is 5.97 Å². The molecule has 0 amide bonds. The molecule has 0 aliphatic rings. The number of ether oxygens (including phenoxy) is 1. The summed E-state index contributed by atoms with van der Waals surface area (Å²) in [7, 11) is 1.64. The molecule has 0 aromatic heterocycles. The maximum absolute atomic E-state index is 11.4. The molecule has 0 aromatic rings. The summed E-state index contributed by atoms with van der Waals surface area (Å²) in [5, 5.41) is 9.34. The van der Waals surface area contributed by atoms with Gasteiger partial charge in [-0.3, -0.25) is 4.79 Å². The van der Waals surface area contributed by atoms with E-state index in [1.54, 1.807) is 7.11 Å². The highest BCUT2D eigenvalue weighted by atomic mass is 16.5. The van der Waals surface area contributed by atoms with Crippen LogP contribution < -0.4 is 5.73 Å². The summed E-state index contributed by atoms with van der Waals surface area (Å²) in [6, 6.07) is 0. The second-order valence-corrected chi connectivity index (χ2v) is 5.28. The van der Waals surface area contributed by atoms with Crippen molar-refractivity contribution >= 4 is 5.97 Å². The lowest BCUT2D eigenvalue weighted by atomic mass is 9.72. The fourth-order valence-corrected chi connectivity index (χ4v) is 1.69. The molecule has 0 bridgehead atoms. The van der Waals surface area contributed by atoms with E-state index in [0.29, 0.717) is 12.8 Å². The lowest BCUT2D eigenvalue weighted by Crippen LogP contribution is -2.44. The number of aliphatic carboxylic acids is 1. The van der Waals surface area contributed by atoms with Crippen molar-refractivity contribution in [2.75, 3.05) is 13.7 Å². The van der Waals surface area contributed by atoms with E-state index >= 15 is 0 Å². The van der Waals surface area contributed by atoms with Crippen molar-refractivity contribution in [1.82, 2.24) is 0 Å². The zero-order valence-corrected chi connectivity index (χ0v) is 11.0. The van der Waals surface area contributed by atoms with Gasteiger partial charge in [-0.25, -0.2) is 0 Å². The molecule has 0 aromatic carbocycles. The van der Waals surface area contributed by atoms with Crippen LogP contribution in [0, 0.1) is 11.3 Å². The van der Waals surface area contributed by atoms with Crippen molar-refractivity contribution in [3.63, 3.8) is 0 Å². The van der Waals surface area contributed by atoms with Crippen molar-refractivity contribution in [3.8, 4) is 0 Å². The Morgan fingerprint density at radius 2 is 1.88 bits per heavy atom. The molecule has 96 valence electrons. The molecule has 0 aliphatic heterocycles. The van der Waals surface area contributed by atoms with Crippen molar-refractivity contribution in [2.45, 2.75) is 46.1 Å². The normalized spacial score (nSPS) is 16.2. The number of carboxylic acid groups (broad SMARTS) is 1. The third-order valence-corrected chi connectivity index (χ3v) is 3.62. The molecule has 3 N–H and O–H groups in total. The molecular formula is C12H25NO3. The largest absolute Gasteiger partial charge is 0.481 e. The van der Waals surface area contributed by atoms with Crippen LogP contribution in [0.15, 0.2) is 0 Å². The summed E-state index contributed by atoms with van der Waals surface area (Å²) in [4.78, 5) is 11.4. The van der Waals surface area contributed by atoms with Gasteiger partial charge < -0.3 is 15.6 Å². The second-order valence-electron chi connectivity index (χ2n) is 5.28. The average Bonchev–Trinajstić information content (AvgIpc) is 2.18. The number of hydrogen-bond donors (Lipinski definition) is 2. The van der Waals surface area contributed by atoms with Crippen LogP contribution in [-0.4, -0.2) is 30.3 Å². The van der Waals surface area contributed by atoms with Crippen LogP contribution in [0.2, 0.25) is 0 Å². The van der Waals surface area contributed by atoms with Crippen LogP contribution >= 0.6 is 0 Å². The van der Waals surface area contributed by atoms with Gasteiger partial charge in [0.2, 0.25) is 0 Å². The Hall–Kier alpha value is -0.610. The molecular weight excluding hydrogens is 206 g/mol. The summed E-state index contributed by atoms with van der Waals surface area (Å²) in [5.74, 6) is -0.792. The van der Waals surface area contributed by atoms with Crippen molar-refractivity contribution in [3.05, 3.63) is 0 Å². The monoisotopic (exact) mass is 231 g/mol. The topological polar surface area (TPSA) is 72.5 Å². The first-order valence-electron chi connectivity index (χ1n) is 5.70. The van der Waals surface area contributed by atoms with E-state index in [0.717, 1.165) is 0 Å². The number of carbonyl (C=O) groups is 1. The maximum Gasteiger partial charge on any atom is 0.311 e. The zero-order chi connectivity index (χ0) is 13.0. The first kappa shape index (κ1) is 15.4. The molecule has 1 atom stereocenters. The Morgan fingerprint density at radius 1 is 1.38 bits per heavy atom. The predicted molar refractivity (Wildman–Crippen MR) is 64.3 cm³/mol. The van der Waals surface area contributed by atoms with Gasteiger partial charge in [0.15, 0.2) is 0 Å². The SMILES string of the molecule is COC(C)(C)CCC(CN)(C(=O)O)C(C)C. The second kappa shape index (κ2) is 5.64. The lowest BCUT2D eigenvalue weighted by Gasteiger charge is -2.35. The fraction of sp³-hybridized carbons (Fsp3) is 0.917. The van der Waals surface area contributed by atoms with E-state index < -0.39 is 11.4 Å². The molecule has 0 saturated carbocycles. The van der Waals surface area contributed by atoms with Crippen LogP contribution in [0.25, 0.3) is 0 Å². The number of hydrogen-bond acceptors (Lipinski definition) is 3. The van der Waals surface area contributed by atoms with Crippen LogP contribution in [0.3, 0.4) is 0 Å². The van der Waals surface area contributed by atoms with Gasteiger partial charge in [-0.1, -0.05) is 13.8 Å². The van der Waals surface area contributed by atoms with Crippen LogP contribution in [-0.2, 0) is 9.53 Å². The number of rotatable bonds is 7. The molecule has 0 radical (unpaired) electrons. The molecule has 0 spiro atoms. The van der Waals surface area contributed by atoms with Gasteiger partial charge in [0.1, 0.15) is 0 Å².